The van der Waals surface area contributed by atoms with Gasteiger partial charge in [0.1, 0.15) is 6.04 Å². The molecule has 2 atom stereocenters. The van der Waals surface area contributed by atoms with E-state index in [2.05, 4.69) is 31.5 Å². The third kappa shape index (κ3) is 4.86. The van der Waals surface area contributed by atoms with Crippen molar-refractivity contribution in [2.45, 2.75) is 26.3 Å². The van der Waals surface area contributed by atoms with Crippen molar-refractivity contribution in [3.8, 4) is 0 Å². The summed E-state index contributed by atoms with van der Waals surface area (Å²) in [5.74, 6) is -1.19. The van der Waals surface area contributed by atoms with Gasteiger partial charge in [-0.3, -0.25) is 4.98 Å². The van der Waals surface area contributed by atoms with Gasteiger partial charge in [-0.2, -0.15) is 0 Å². The molecule has 6 nitrogen and oxygen atoms in total. The summed E-state index contributed by atoms with van der Waals surface area (Å²) in [6, 6.07) is 0.198. The minimum Gasteiger partial charge on any atom is -0.480 e. The summed E-state index contributed by atoms with van der Waals surface area (Å²) < 4.78 is 0.724. The van der Waals surface area contributed by atoms with E-state index < -0.39 is 18.0 Å². The molecule has 0 aromatic carbocycles. The van der Waals surface area contributed by atoms with E-state index in [9.17, 15) is 9.59 Å². The second-order valence-corrected chi connectivity index (χ2v) is 5.11. The number of carboxylic acids is 1. The number of nitrogens with zero attached hydrogens (tertiary/aromatic N) is 1. The quantitative estimate of drug-likeness (QED) is 0.773. The Morgan fingerprint density at radius 3 is 2.68 bits per heavy atom. The summed E-state index contributed by atoms with van der Waals surface area (Å²) >= 11 is 3.23. The maximum Gasteiger partial charge on any atom is 0.326 e. The Labute approximate surface area is 119 Å². The number of urea groups is 1. The first kappa shape index (κ1) is 15.4. The van der Waals surface area contributed by atoms with Crippen LogP contribution >= 0.6 is 15.9 Å². The fraction of sp³-hybridized carbons (Fsp3) is 0.417. The Morgan fingerprint density at radius 1 is 1.47 bits per heavy atom. The normalized spacial score (nSPS) is 13.4. The molecule has 2 amide bonds. The summed E-state index contributed by atoms with van der Waals surface area (Å²) in [4.78, 5) is 26.7. The Hall–Kier alpha value is -1.63. The molecule has 1 aromatic rings. The predicted octanol–water partition coefficient (Wildman–Crippen LogP) is 2.46. The number of halogens is 1. The molecule has 3 N–H and O–H groups in total. The molecule has 1 heterocycles. The lowest BCUT2D eigenvalue weighted by atomic mass is 9.99. The lowest BCUT2D eigenvalue weighted by molar-refractivity contribution is -0.140. The molecule has 104 valence electrons. The van der Waals surface area contributed by atoms with E-state index in [-0.39, 0.29) is 5.92 Å². The van der Waals surface area contributed by atoms with E-state index in [0.717, 1.165) is 4.47 Å². The zero-order chi connectivity index (χ0) is 14.4. The van der Waals surface area contributed by atoms with Crippen molar-refractivity contribution in [3.05, 3.63) is 22.9 Å². The molecule has 1 aromatic heterocycles. The van der Waals surface area contributed by atoms with Crippen LogP contribution in [0.2, 0.25) is 0 Å². The molecule has 1 rings (SSSR count). The van der Waals surface area contributed by atoms with E-state index in [1.165, 1.54) is 6.20 Å². The molecule has 0 aliphatic heterocycles. The van der Waals surface area contributed by atoms with Gasteiger partial charge < -0.3 is 15.7 Å². The zero-order valence-electron chi connectivity index (χ0n) is 10.7. The van der Waals surface area contributed by atoms with Crippen LogP contribution in [0, 0.1) is 5.92 Å². The van der Waals surface area contributed by atoms with Gasteiger partial charge in [0, 0.05) is 10.7 Å². The standard InChI is InChI=1S/C12H16BrN3O3/c1-3-7(2)10(11(17)18)16-12(19)15-9-4-8(13)5-14-6-9/h4-7,10H,3H2,1-2H3,(H,17,18)(H2,15,16,19)/t7?,10-/m0/s1. The van der Waals surface area contributed by atoms with Crippen LogP contribution in [0.5, 0.6) is 0 Å². The summed E-state index contributed by atoms with van der Waals surface area (Å²) in [6.45, 7) is 3.65. The van der Waals surface area contributed by atoms with E-state index >= 15 is 0 Å². The van der Waals surface area contributed by atoms with Crippen LogP contribution in [0.25, 0.3) is 0 Å². The molecule has 0 fully saturated rings. The van der Waals surface area contributed by atoms with Gasteiger partial charge in [0.2, 0.25) is 0 Å². The zero-order valence-corrected chi connectivity index (χ0v) is 12.3. The van der Waals surface area contributed by atoms with Gasteiger partial charge >= 0.3 is 12.0 Å². The number of carbonyl (C=O) groups excluding carboxylic acids is 1. The minimum absolute atomic E-state index is 0.149. The molecular weight excluding hydrogens is 314 g/mol. The second-order valence-electron chi connectivity index (χ2n) is 4.19. The molecule has 0 spiro atoms. The maximum absolute atomic E-state index is 11.7. The molecule has 19 heavy (non-hydrogen) atoms. The Bertz CT molecular complexity index is 467. The molecule has 0 saturated heterocycles. The van der Waals surface area contributed by atoms with Crippen LogP contribution in [-0.2, 0) is 4.79 Å². The van der Waals surface area contributed by atoms with Crippen molar-refractivity contribution in [1.29, 1.82) is 0 Å². The summed E-state index contributed by atoms with van der Waals surface area (Å²) in [7, 11) is 0. The topological polar surface area (TPSA) is 91.3 Å². The van der Waals surface area contributed by atoms with Crippen molar-refractivity contribution in [1.82, 2.24) is 10.3 Å². The first-order valence-corrected chi connectivity index (χ1v) is 6.64. The average Bonchev–Trinajstić information content (AvgIpc) is 2.34. The van der Waals surface area contributed by atoms with Crippen molar-refractivity contribution in [3.63, 3.8) is 0 Å². The smallest absolute Gasteiger partial charge is 0.326 e. The van der Waals surface area contributed by atoms with E-state index in [1.807, 2.05) is 6.92 Å². The minimum atomic E-state index is -1.04. The number of aliphatic carboxylic acids is 1. The maximum atomic E-state index is 11.7. The van der Waals surface area contributed by atoms with E-state index in [1.54, 1.807) is 19.2 Å². The SMILES string of the molecule is CCC(C)[C@H](NC(=O)Nc1cncc(Br)c1)C(=O)O. The highest BCUT2D eigenvalue weighted by Crippen LogP contribution is 2.14. The van der Waals surface area contributed by atoms with Gasteiger partial charge in [-0.25, -0.2) is 9.59 Å². The first-order valence-electron chi connectivity index (χ1n) is 5.85. The van der Waals surface area contributed by atoms with Crippen LogP contribution in [0.1, 0.15) is 20.3 Å². The van der Waals surface area contributed by atoms with Crippen molar-refractivity contribution >= 4 is 33.6 Å². The van der Waals surface area contributed by atoms with Crippen LogP contribution < -0.4 is 10.6 Å². The van der Waals surface area contributed by atoms with E-state index in [0.29, 0.717) is 12.1 Å². The van der Waals surface area contributed by atoms with Gasteiger partial charge in [-0.15, -0.1) is 0 Å². The molecule has 7 heteroatoms. The summed E-state index contributed by atoms with van der Waals surface area (Å²) in [6.07, 6.45) is 3.72. The Morgan fingerprint density at radius 2 is 2.16 bits per heavy atom. The van der Waals surface area contributed by atoms with E-state index in [4.69, 9.17) is 5.11 Å². The number of aromatic nitrogens is 1. The fourth-order valence-corrected chi connectivity index (χ4v) is 1.84. The van der Waals surface area contributed by atoms with Crippen LogP contribution in [0.4, 0.5) is 10.5 Å². The molecule has 0 aliphatic rings. The molecule has 0 saturated carbocycles. The molecular formula is C12H16BrN3O3. The van der Waals surface area contributed by atoms with Gasteiger partial charge in [0.15, 0.2) is 0 Å². The predicted molar refractivity (Wildman–Crippen MR) is 75.0 cm³/mol. The number of hydrogen-bond acceptors (Lipinski definition) is 3. The number of carboxylic acid groups (broad SMARTS) is 1. The Balaban J connectivity index is 2.65. The Kier molecular flexibility index (Phi) is 5.75. The highest BCUT2D eigenvalue weighted by molar-refractivity contribution is 9.10. The third-order valence-corrected chi connectivity index (χ3v) is 3.16. The number of amides is 2. The lowest BCUT2D eigenvalue weighted by Gasteiger charge is -2.20. The average molecular weight is 330 g/mol. The number of anilines is 1. The largest absolute Gasteiger partial charge is 0.480 e. The van der Waals surface area contributed by atoms with Crippen molar-refractivity contribution in [2.24, 2.45) is 5.92 Å². The number of hydrogen-bond donors (Lipinski definition) is 3. The molecule has 0 radical (unpaired) electrons. The number of nitrogens with one attached hydrogen (secondary N) is 2. The second kappa shape index (κ2) is 7.08. The fourth-order valence-electron chi connectivity index (χ4n) is 1.47. The van der Waals surface area contributed by atoms with Crippen LogP contribution in [-0.4, -0.2) is 28.1 Å². The highest BCUT2D eigenvalue weighted by Gasteiger charge is 2.25. The van der Waals surface area contributed by atoms with Crippen molar-refractivity contribution in [2.75, 3.05) is 5.32 Å². The monoisotopic (exact) mass is 329 g/mol. The van der Waals surface area contributed by atoms with Gasteiger partial charge in [-0.1, -0.05) is 20.3 Å². The third-order valence-electron chi connectivity index (χ3n) is 2.73. The summed E-state index contributed by atoms with van der Waals surface area (Å²) in [5.41, 5.74) is 0.486. The number of carbonyl (C=O) groups is 2. The van der Waals surface area contributed by atoms with Gasteiger partial charge in [0.05, 0.1) is 11.9 Å². The van der Waals surface area contributed by atoms with Crippen molar-refractivity contribution < 1.29 is 14.7 Å². The van der Waals surface area contributed by atoms with Gasteiger partial charge in [-0.05, 0) is 27.9 Å². The number of pyridine rings is 1. The first-order chi connectivity index (χ1) is 8.93. The number of rotatable bonds is 5. The highest BCUT2D eigenvalue weighted by atomic mass is 79.9. The molecule has 0 bridgehead atoms. The molecule has 1 unspecified atom stereocenters. The lowest BCUT2D eigenvalue weighted by Crippen LogP contribution is -2.46. The molecule has 0 aliphatic carbocycles. The van der Waals surface area contributed by atoms with Crippen LogP contribution in [0.3, 0.4) is 0 Å². The summed E-state index contributed by atoms with van der Waals surface area (Å²) in [5, 5.41) is 14.1. The van der Waals surface area contributed by atoms with Crippen LogP contribution in [0.15, 0.2) is 22.9 Å². The van der Waals surface area contributed by atoms with Gasteiger partial charge in [0.25, 0.3) is 0 Å².